The van der Waals surface area contributed by atoms with E-state index >= 15 is 0 Å². The Bertz CT molecular complexity index is 388. The summed E-state index contributed by atoms with van der Waals surface area (Å²) in [4.78, 5) is 0. The van der Waals surface area contributed by atoms with Crippen molar-refractivity contribution in [1.29, 1.82) is 0 Å². The lowest BCUT2D eigenvalue weighted by Crippen LogP contribution is -2.33. The fourth-order valence-corrected chi connectivity index (χ4v) is 3.32. The molecule has 1 atom stereocenters. The second kappa shape index (κ2) is 3.89. The minimum atomic E-state index is 0.361. The van der Waals surface area contributed by atoms with Gasteiger partial charge in [0.2, 0.25) is 0 Å². The number of hydrogen-bond donors (Lipinski definition) is 1. The van der Waals surface area contributed by atoms with E-state index in [0.717, 1.165) is 19.5 Å². The molecule has 0 amide bonds. The first kappa shape index (κ1) is 10.3. The predicted octanol–water partition coefficient (Wildman–Crippen LogP) is 2.63. The molecule has 2 aliphatic rings. The maximum Gasteiger partial charge on any atom is 0.0124 e. The molecule has 85 valence electrons. The van der Waals surface area contributed by atoms with Crippen molar-refractivity contribution < 1.29 is 0 Å². The van der Waals surface area contributed by atoms with E-state index in [0.29, 0.717) is 5.41 Å². The third-order valence-corrected chi connectivity index (χ3v) is 4.26. The minimum absolute atomic E-state index is 0.361. The lowest BCUT2D eigenvalue weighted by Gasteiger charge is -2.35. The molecular weight excluding hydrogens is 194 g/mol. The minimum Gasteiger partial charge on any atom is -0.316 e. The van der Waals surface area contributed by atoms with Gasteiger partial charge < -0.3 is 5.32 Å². The van der Waals surface area contributed by atoms with Crippen molar-refractivity contribution in [1.82, 2.24) is 5.32 Å². The highest BCUT2D eigenvalue weighted by molar-refractivity contribution is 5.43. The summed E-state index contributed by atoms with van der Waals surface area (Å²) in [6.07, 6.45) is 7.61. The summed E-state index contributed by atoms with van der Waals surface area (Å²) in [6, 6.07) is 7.14. The van der Waals surface area contributed by atoms with Crippen LogP contribution in [0, 0.1) is 6.42 Å². The van der Waals surface area contributed by atoms with Crippen LogP contribution in [0.25, 0.3) is 0 Å². The Labute approximate surface area is 98.3 Å². The van der Waals surface area contributed by atoms with Crippen LogP contribution in [0.4, 0.5) is 0 Å². The maximum atomic E-state index is 3.50. The number of rotatable bonds is 1. The quantitative estimate of drug-likeness (QED) is 0.758. The van der Waals surface area contributed by atoms with Crippen LogP contribution < -0.4 is 5.32 Å². The summed E-state index contributed by atoms with van der Waals surface area (Å²) in [7, 11) is 0. The van der Waals surface area contributed by atoms with E-state index in [1.165, 1.54) is 24.8 Å². The van der Waals surface area contributed by atoms with E-state index in [9.17, 15) is 0 Å². The smallest absolute Gasteiger partial charge is 0.0124 e. The molecule has 1 N–H and O–H groups in total. The summed E-state index contributed by atoms with van der Waals surface area (Å²) in [5.41, 5.74) is 5.05. The topological polar surface area (TPSA) is 12.0 Å². The van der Waals surface area contributed by atoms with Crippen molar-refractivity contribution in [2.45, 2.75) is 38.0 Å². The third-order valence-electron chi connectivity index (χ3n) is 4.26. The molecule has 0 bridgehead atoms. The predicted molar refractivity (Wildman–Crippen MR) is 67.6 cm³/mol. The Kier molecular flexibility index (Phi) is 2.51. The van der Waals surface area contributed by atoms with Gasteiger partial charge in [-0.2, -0.15) is 0 Å². The first-order chi connectivity index (χ1) is 7.84. The first-order valence-corrected chi connectivity index (χ1v) is 6.51. The van der Waals surface area contributed by atoms with Crippen LogP contribution in [-0.4, -0.2) is 13.1 Å². The van der Waals surface area contributed by atoms with Gasteiger partial charge in [-0.15, -0.1) is 0 Å². The average Bonchev–Trinajstić information content (AvgIpc) is 2.78. The molecule has 1 aliphatic carbocycles. The summed E-state index contributed by atoms with van der Waals surface area (Å²) in [6.45, 7) is 4.46. The molecule has 1 aromatic carbocycles. The van der Waals surface area contributed by atoms with E-state index in [4.69, 9.17) is 0 Å². The zero-order chi connectivity index (χ0) is 11.0. The van der Waals surface area contributed by atoms with E-state index in [-0.39, 0.29) is 0 Å². The fraction of sp³-hybridized carbons (Fsp3) is 0.533. The molecule has 1 radical (unpaired) electrons. The first-order valence-electron chi connectivity index (χ1n) is 6.51. The van der Waals surface area contributed by atoms with E-state index < -0.39 is 0 Å². The van der Waals surface area contributed by atoms with E-state index in [2.05, 4.69) is 36.9 Å². The molecule has 1 heteroatoms. The number of nitrogens with one attached hydrogen (secondary N) is 1. The maximum absolute atomic E-state index is 3.50. The highest BCUT2D eigenvalue weighted by Gasteiger charge is 2.38. The van der Waals surface area contributed by atoms with Gasteiger partial charge in [0, 0.05) is 12.0 Å². The van der Waals surface area contributed by atoms with Gasteiger partial charge in [0.05, 0.1) is 0 Å². The molecule has 1 heterocycles. The summed E-state index contributed by atoms with van der Waals surface area (Å²) >= 11 is 0. The van der Waals surface area contributed by atoms with Crippen LogP contribution in [0.2, 0.25) is 0 Å². The van der Waals surface area contributed by atoms with Crippen LogP contribution in [0.5, 0.6) is 0 Å². The van der Waals surface area contributed by atoms with E-state index in [1.54, 1.807) is 11.1 Å². The normalized spacial score (nSPS) is 28.3. The Morgan fingerprint density at radius 1 is 1.38 bits per heavy atom. The van der Waals surface area contributed by atoms with Crippen LogP contribution in [0.15, 0.2) is 18.2 Å². The number of hydrogen-bond acceptors (Lipinski definition) is 1. The summed E-state index contributed by atoms with van der Waals surface area (Å²) < 4.78 is 0. The Balaban J connectivity index is 2.05. The molecule has 1 nitrogen and oxygen atoms in total. The zero-order valence-electron chi connectivity index (χ0n) is 10.1. The third kappa shape index (κ3) is 1.49. The van der Waals surface area contributed by atoms with Gasteiger partial charge in [-0.1, -0.05) is 25.1 Å². The van der Waals surface area contributed by atoms with Crippen LogP contribution in [-0.2, 0) is 18.3 Å². The second-order valence-electron chi connectivity index (χ2n) is 5.19. The molecule has 1 spiro atoms. The lowest BCUT2D eigenvalue weighted by molar-refractivity contribution is 0.444. The van der Waals surface area contributed by atoms with Crippen molar-refractivity contribution in [3.05, 3.63) is 41.3 Å². The molecule has 0 aromatic heterocycles. The Hall–Kier alpha value is -0.820. The highest BCUT2D eigenvalue weighted by atomic mass is 14.9. The van der Waals surface area contributed by atoms with Gasteiger partial charge in [0.25, 0.3) is 0 Å². The van der Waals surface area contributed by atoms with Crippen LogP contribution in [0.1, 0.15) is 36.5 Å². The molecule has 3 rings (SSSR count). The number of aryl methyl sites for hydroxylation is 2. The van der Waals surface area contributed by atoms with Gasteiger partial charge in [-0.05, 0) is 55.3 Å². The molecule has 1 saturated heterocycles. The van der Waals surface area contributed by atoms with Gasteiger partial charge in [-0.3, -0.25) is 0 Å². The van der Waals surface area contributed by atoms with Crippen molar-refractivity contribution in [2.24, 2.45) is 0 Å². The molecule has 16 heavy (non-hydrogen) atoms. The van der Waals surface area contributed by atoms with Gasteiger partial charge in [0.15, 0.2) is 0 Å². The van der Waals surface area contributed by atoms with Gasteiger partial charge in [-0.25, -0.2) is 0 Å². The molecule has 0 unspecified atom stereocenters. The number of fused-ring (bicyclic) bond motifs is 2. The van der Waals surface area contributed by atoms with Crippen LogP contribution >= 0.6 is 0 Å². The summed E-state index contributed by atoms with van der Waals surface area (Å²) in [5, 5.41) is 3.50. The lowest BCUT2D eigenvalue weighted by atomic mass is 9.69. The molecule has 0 saturated carbocycles. The van der Waals surface area contributed by atoms with Crippen molar-refractivity contribution in [2.75, 3.05) is 13.1 Å². The van der Waals surface area contributed by atoms with Crippen LogP contribution in [0.3, 0.4) is 0 Å². The SMILES string of the molecule is CCc1ccc2c(c1)CCC[C@@]21[CH]CNC1. The molecule has 1 aromatic rings. The monoisotopic (exact) mass is 214 g/mol. The largest absolute Gasteiger partial charge is 0.316 e. The second-order valence-corrected chi connectivity index (χ2v) is 5.19. The Morgan fingerprint density at radius 2 is 2.31 bits per heavy atom. The summed E-state index contributed by atoms with van der Waals surface area (Å²) in [5.74, 6) is 0. The molecule has 1 fully saturated rings. The van der Waals surface area contributed by atoms with Crippen molar-refractivity contribution in [3.63, 3.8) is 0 Å². The van der Waals surface area contributed by atoms with Gasteiger partial charge in [0.1, 0.15) is 0 Å². The van der Waals surface area contributed by atoms with Crippen molar-refractivity contribution >= 4 is 0 Å². The molecule has 1 aliphatic heterocycles. The fourth-order valence-electron chi connectivity index (χ4n) is 3.32. The Morgan fingerprint density at radius 3 is 3.06 bits per heavy atom. The average molecular weight is 214 g/mol. The van der Waals surface area contributed by atoms with Crippen molar-refractivity contribution in [3.8, 4) is 0 Å². The highest BCUT2D eigenvalue weighted by Crippen LogP contribution is 2.41. The van der Waals surface area contributed by atoms with E-state index in [1.807, 2.05) is 0 Å². The standard InChI is InChI=1S/C15H20N/c1-2-12-5-6-14-13(10-12)4-3-7-15(14)8-9-16-11-15/h5-6,8,10,16H,2-4,7,9,11H2,1H3/t15-/m0/s1. The van der Waals surface area contributed by atoms with Gasteiger partial charge >= 0.3 is 0 Å². The zero-order valence-corrected chi connectivity index (χ0v) is 10.1. The number of benzene rings is 1. The molecular formula is C15H20N.